The minimum Gasteiger partial charge on any atom is -0.337 e. The van der Waals surface area contributed by atoms with E-state index in [1.807, 2.05) is 28.0 Å². The number of aromatic amines is 1. The molecule has 0 spiro atoms. The molecule has 2 fully saturated rings. The molecular formula is C23H24F2N6O2. The number of amides is 1. The quantitative estimate of drug-likeness (QED) is 0.616. The highest BCUT2D eigenvalue weighted by molar-refractivity contribution is 5.83. The molecule has 8 nitrogen and oxygen atoms in total. The van der Waals surface area contributed by atoms with Crippen LogP contribution in [0, 0.1) is 0 Å². The van der Waals surface area contributed by atoms with Gasteiger partial charge in [-0.1, -0.05) is 18.2 Å². The van der Waals surface area contributed by atoms with Crippen LogP contribution in [0.25, 0.3) is 10.8 Å². The van der Waals surface area contributed by atoms with Gasteiger partial charge in [0.2, 0.25) is 11.9 Å². The number of halogens is 2. The summed E-state index contributed by atoms with van der Waals surface area (Å²) in [6, 6.07) is 7.48. The number of hydrogen-bond acceptors (Lipinski definition) is 6. The second-order valence-corrected chi connectivity index (χ2v) is 8.61. The summed E-state index contributed by atoms with van der Waals surface area (Å²) in [5.74, 6) is 0.546. The predicted octanol–water partition coefficient (Wildman–Crippen LogP) is 2.85. The Bertz CT molecular complexity index is 1200. The molecule has 33 heavy (non-hydrogen) atoms. The molecule has 2 saturated heterocycles. The van der Waals surface area contributed by atoms with Gasteiger partial charge in [0, 0.05) is 49.4 Å². The number of piperazine rings is 1. The molecule has 2 aliphatic heterocycles. The van der Waals surface area contributed by atoms with E-state index in [4.69, 9.17) is 0 Å². The molecule has 1 N–H and O–H groups in total. The minimum absolute atomic E-state index is 0.0710. The summed E-state index contributed by atoms with van der Waals surface area (Å²) in [5, 5.41) is 8.15. The van der Waals surface area contributed by atoms with Gasteiger partial charge < -0.3 is 9.80 Å². The normalized spacial score (nSPS) is 20.1. The number of carbonyl (C=O) groups is 1. The average Bonchev–Trinajstić information content (AvgIpc) is 3.10. The summed E-state index contributed by atoms with van der Waals surface area (Å²) >= 11 is 0. The van der Waals surface area contributed by atoms with Crippen LogP contribution in [0.5, 0.6) is 0 Å². The molecule has 3 aromatic rings. The zero-order valence-corrected chi connectivity index (χ0v) is 18.0. The topological polar surface area (TPSA) is 95.1 Å². The molecule has 2 atom stereocenters. The van der Waals surface area contributed by atoms with Crippen LogP contribution >= 0.6 is 0 Å². The third-order valence-corrected chi connectivity index (χ3v) is 6.54. The van der Waals surface area contributed by atoms with Crippen LogP contribution < -0.4 is 10.5 Å². The number of aromatic nitrogens is 4. The van der Waals surface area contributed by atoms with Gasteiger partial charge in [-0.2, -0.15) is 5.10 Å². The van der Waals surface area contributed by atoms with Gasteiger partial charge in [0.05, 0.1) is 16.6 Å². The number of benzene rings is 1. The molecule has 2 unspecified atom stereocenters. The molecule has 10 heteroatoms. The van der Waals surface area contributed by atoms with Gasteiger partial charge in [-0.15, -0.1) is 0 Å². The number of carbonyl (C=O) groups excluding carboxylic acids is 1. The lowest BCUT2D eigenvalue weighted by Gasteiger charge is -2.41. The molecule has 1 amide bonds. The zero-order chi connectivity index (χ0) is 22.9. The molecule has 0 saturated carbocycles. The van der Waals surface area contributed by atoms with Crippen LogP contribution in [-0.2, 0) is 11.2 Å². The number of nitrogens with zero attached hydrogens (tertiary/aromatic N) is 5. The van der Waals surface area contributed by atoms with Gasteiger partial charge in [0.25, 0.3) is 12.0 Å². The van der Waals surface area contributed by atoms with Crippen molar-refractivity contribution in [3.05, 3.63) is 58.3 Å². The van der Waals surface area contributed by atoms with Crippen molar-refractivity contribution >= 4 is 22.6 Å². The van der Waals surface area contributed by atoms with Crippen molar-refractivity contribution < 1.29 is 13.6 Å². The van der Waals surface area contributed by atoms with Gasteiger partial charge in [-0.3, -0.25) is 9.59 Å². The van der Waals surface area contributed by atoms with Gasteiger partial charge in [0.1, 0.15) is 0 Å². The first kappa shape index (κ1) is 21.4. The second-order valence-electron chi connectivity index (χ2n) is 8.61. The third-order valence-electron chi connectivity index (χ3n) is 6.54. The maximum Gasteiger partial charge on any atom is 0.272 e. The van der Waals surface area contributed by atoms with Gasteiger partial charge in [-0.05, 0) is 31.7 Å². The Morgan fingerprint density at radius 3 is 2.42 bits per heavy atom. The maximum absolute atomic E-state index is 13.0. The second kappa shape index (κ2) is 8.84. The number of alkyl halides is 2. The molecule has 0 aliphatic carbocycles. The van der Waals surface area contributed by atoms with E-state index in [0.29, 0.717) is 43.7 Å². The summed E-state index contributed by atoms with van der Waals surface area (Å²) in [6.07, 6.45) is 3.21. The van der Waals surface area contributed by atoms with E-state index in [1.165, 1.54) is 12.4 Å². The number of H-pyrrole nitrogens is 1. The average molecular weight is 454 g/mol. The number of anilines is 1. The fourth-order valence-corrected chi connectivity index (χ4v) is 4.98. The Morgan fingerprint density at radius 1 is 1.09 bits per heavy atom. The summed E-state index contributed by atoms with van der Waals surface area (Å²) in [6.45, 7) is 1.20. The van der Waals surface area contributed by atoms with Crippen LogP contribution in [0.15, 0.2) is 41.5 Å². The molecule has 2 bridgehead atoms. The molecule has 4 heterocycles. The van der Waals surface area contributed by atoms with E-state index >= 15 is 0 Å². The molecule has 172 valence electrons. The lowest BCUT2D eigenvalue weighted by Crippen LogP contribution is -2.56. The van der Waals surface area contributed by atoms with Crippen molar-refractivity contribution in [1.82, 2.24) is 25.1 Å². The molecular weight excluding hydrogens is 430 g/mol. The number of fused-ring (bicyclic) bond motifs is 3. The molecule has 1 aromatic carbocycles. The number of nitrogens with one attached hydrogen (secondary N) is 1. The van der Waals surface area contributed by atoms with E-state index in [9.17, 15) is 18.4 Å². The first-order valence-electron chi connectivity index (χ1n) is 11.1. The van der Waals surface area contributed by atoms with E-state index in [0.717, 1.165) is 23.9 Å². The van der Waals surface area contributed by atoms with Crippen molar-refractivity contribution in [2.75, 3.05) is 18.0 Å². The summed E-state index contributed by atoms with van der Waals surface area (Å²) in [4.78, 5) is 37.2. The van der Waals surface area contributed by atoms with Crippen molar-refractivity contribution in [2.24, 2.45) is 0 Å². The van der Waals surface area contributed by atoms with Crippen LogP contribution in [0.1, 0.15) is 43.4 Å². The summed E-state index contributed by atoms with van der Waals surface area (Å²) in [7, 11) is 0. The Hall–Kier alpha value is -3.43. The first-order valence-corrected chi connectivity index (χ1v) is 11.1. The standard InChI is InChI=1S/C23H24F2N6O2/c24-21(25)14-10-26-23(27-11-14)30-12-15-8-9-16(13-30)31(15)20(32)7-3-6-19-17-4-1-2-5-18(17)22(33)29-28-19/h1-2,4-5,10-11,15-16,21H,3,6-9,12-13H2,(H,29,33). The smallest absolute Gasteiger partial charge is 0.272 e. The molecule has 2 aromatic heterocycles. The monoisotopic (exact) mass is 454 g/mol. The van der Waals surface area contributed by atoms with E-state index in [1.54, 1.807) is 6.07 Å². The highest BCUT2D eigenvalue weighted by Crippen LogP contribution is 2.32. The minimum atomic E-state index is -2.59. The van der Waals surface area contributed by atoms with Crippen LogP contribution in [0.4, 0.5) is 14.7 Å². The van der Waals surface area contributed by atoms with E-state index in [2.05, 4.69) is 20.2 Å². The van der Waals surface area contributed by atoms with Crippen LogP contribution in [0.3, 0.4) is 0 Å². The van der Waals surface area contributed by atoms with Crippen molar-refractivity contribution in [1.29, 1.82) is 0 Å². The molecule has 2 aliphatic rings. The van der Waals surface area contributed by atoms with Crippen LogP contribution in [-0.4, -0.2) is 56.1 Å². The SMILES string of the molecule is O=C(CCCc1n[nH]c(=O)c2ccccc12)N1C2CCC1CN(c1ncc(C(F)F)cn1)C2. The van der Waals surface area contributed by atoms with E-state index in [-0.39, 0.29) is 29.1 Å². The zero-order valence-electron chi connectivity index (χ0n) is 18.0. The van der Waals surface area contributed by atoms with Crippen molar-refractivity contribution in [3.63, 3.8) is 0 Å². The fraction of sp³-hybridized carbons (Fsp3) is 0.435. The number of hydrogen-bond donors (Lipinski definition) is 1. The molecule has 0 radical (unpaired) electrons. The van der Waals surface area contributed by atoms with Crippen LogP contribution in [0.2, 0.25) is 0 Å². The van der Waals surface area contributed by atoms with Gasteiger partial charge in [-0.25, -0.2) is 23.8 Å². The number of aryl methyl sites for hydroxylation is 1. The third kappa shape index (κ3) is 4.17. The Balaban J connectivity index is 1.20. The Morgan fingerprint density at radius 2 is 1.76 bits per heavy atom. The van der Waals surface area contributed by atoms with Crippen molar-refractivity contribution in [2.45, 2.75) is 50.6 Å². The predicted molar refractivity (Wildman–Crippen MR) is 118 cm³/mol. The van der Waals surface area contributed by atoms with Gasteiger partial charge >= 0.3 is 0 Å². The molecule has 5 rings (SSSR count). The lowest BCUT2D eigenvalue weighted by molar-refractivity contribution is -0.134. The summed E-state index contributed by atoms with van der Waals surface area (Å²) < 4.78 is 25.5. The van der Waals surface area contributed by atoms with Crippen molar-refractivity contribution in [3.8, 4) is 0 Å². The summed E-state index contributed by atoms with van der Waals surface area (Å²) in [5.41, 5.74) is 0.378. The number of rotatable bonds is 6. The van der Waals surface area contributed by atoms with Gasteiger partial charge in [0.15, 0.2) is 0 Å². The highest BCUT2D eigenvalue weighted by Gasteiger charge is 2.42. The Kier molecular flexibility index (Phi) is 5.74. The van der Waals surface area contributed by atoms with E-state index < -0.39 is 6.43 Å². The lowest BCUT2D eigenvalue weighted by atomic mass is 10.1. The fourth-order valence-electron chi connectivity index (χ4n) is 4.98. The first-order chi connectivity index (χ1) is 16.0. The maximum atomic E-state index is 13.0. The Labute approximate surface area is 188 Å². The largest absolute Gasteiger partial charge is 0.337 e. The highest BCUT2D eigenvalue weighted by atomic mass is 19.3.